The molecule has 2 aromatic rings. The molecule has 0 radical (unpaired) electrons. The number of alkyl halides is 2. The molecule has 1 amide bonds. The van der Waals surface area contributed by atoms with Gasteiger partial charge >= 0.3 is 0 Å². The predicted octanol–water partition coefficient (Wildman–Crippen LogP) is 5.16. The molecule has 1 saturated carbocycles. The van der Waals surface area contributed by atoms with Gasteiger partial charge in [-0.15, -0.1) is 23.2 Å². The van der Waals surface area contributed by atoms with Gasteiger partial charge in [0.15, 0.2) is 5.60 Å². The maximum absolute atomic E-state index is 12.8. The molecule has 0 heterocycles. The van der Waals surface area contributed by atoms with Gasteiger partial charge in [-0.25, -0.2) is 0 Å². The molecule has 0 bridgehead atoms. The second-order valence-electron chi connectivity index (χ2n) is 7.22. The second kappa shape index (κ2) is 7.72. The van der Waals surface area contributed by atoms with Gasteiger partial charge in [0.1, 0.15) is 21.6 Å². The van der Waals surface area contributed by atoms with Crippen LogP contribution in [-0.4, -0.2) is 30.1 Å². The summed E-state index contributed by atoms with van der Waals surface area (Å²) in [6.45, 7) is 3.40. The number of benzene rings is 2. The number of hydrogen-bond donors (Lipinski definition) is 1. The molecule has 0 aromatic heterocycles. The van der Waals surface area contributed by atoms with Crippen molar-refractivity contribution in [3.05, 3.63) is 48.0 Å². The van der Waals surface area contributed by atoms with Crippen molar-refractivity contribution in [2.45, 2.75) is 36.1 Å². The van der Waals surface area contributed by atoms with E-state index < -0.39 is 9.93 Å². The Labute approximate surface area is 174 Å². The largest absolute Gasteiger partial charge is 0.497 e. The van der Waals surface area contributed by atoms with Gasteiger partial charge in [0.25, 0.3) is 5.91 Å². The first-order valence-corrected chi connectivity index (χ1v) is 9.62. The van der Waals surface area contributed by atoms with E-state index in [4.69, 9.17) is 37.4 Å². The van der Waals surface area contributed by atoms with E-state index in [2.05, 4.69) is 5.32 Å². The van der Waals surface area contributed by atoms with Crippen molar-refractivity contribution in [2.75, 3.05) is 19.5 Å². The smallest absolute Gasteiger partial charge is 0.268 e. The lowest BCUT2D eigenvalue weighted by molar-refractivity contribution is -0.128. The van der Waals surface area contributed by atoms with E-state index in [1.165, 1.54) is 7.11 Å². The van der Waals surface area contributed by atoms with Gasteiger partial charge in [0.2, 0.25) is 0 Å². The van der Waals surface area contributed by atoms with Crippen molar-refractivity contribution in [3.63, 3.8) is 0 Å². The lowest BCUT2D eigenvalue weighted by Gasteiger charge is -2.26. The number of halogens is 2. The van der Waals surface area contributed by atoms with Crippen molar-refractivity contribution >= 4 is 34.8 Å². The normalized spacial score (nSPS) is 17.6. The summed E-state index contributed by atoms with van der Waals surface area (Å²) < 4.78 is 15.8. The molecule has 2 aromatic carbocycles. The topological polar surface area (TPSA) is 56.8 Å². The third-order valence-corrected chi connectivity index (χ3v) is 5.52. The van der Waals surface area contributed by atoms with Crippen LogP contribution in [0.15, 0.2) is 42.5 Å². The standard InChI is InChI=1S/C21H23Cl2NO4/c1-20(2,19(25)24-17-11-15(26-3)9-10-18(17)27-4)28-14-7-5-13(6-8-14)16-12-21(16,22)23/h5-11,16H,12H2,1-4H3,(H,24,25). The number of rotatable bonds is 7. The molecule has 1 atom stereocenters. The predicted molar refractivity (Wildman–Crippen MR) is 111 cm³/mol. The number of methoxy groups -OCH3 is 2. The SMILES string of the molecule is COc1ccc(OC)c(NC(=O)C(C)(C)Oc2ccc(C3CC3(Cl)Cl)cc2)c1. The highest BCUT2D eigenvalue weighted by Crippen LogP contribution is 2.59. The minimum atomic E-state index is -1.11. The molecule has 28 heavy (non-hydrogen) atoms. The van der Waals surface area contributed by atoms with Crippen LogP contribution in [0.3, 0.4) is 0 Å². The zero-order valence-corrected chi connectivity index (χ0v) is 17.7. The summed E-state index contributed by atoms with van der Waals surface area (Å²) in [5.74, 6) is 1.55. The van der Waals surface area contributed by atoms with Crippen LogP contribution in [0.2, 0.25) is 0 Å². The second-order valence-corrected chi connectivity index (χ2v) is 8.76. The highest BCUT2D eigenvalue weighted by atomic mass is 35.5. The molecule has 1 aliphatic rings. The lowest BCUT2D eigenvalue weighted by atomic mass is 10.1. The van der Waals surface area contributed by atoms with Crippen molar-refractivity contribution in [2.24, 2.45) is 0 Å². The summed E-state index contributed by atoms with van der Waals surface area (Å²) in [7, 11) is 3.10. The van der Waals surface area contributed by atoms with Gasteiger partial charge in [-0.2, -0.15) is 0 Å². The molecule has 3 rings (SSSR count). The van der Waals surface area contributed by atoms with E-state index in [0.717, 1.165) is 12.0 Å². The quantitative estimate of drug-likeness (QED) is 0.624. The van der Waals surface area contributed by atoms with Gasteiger partial charge in [0, 0.05) is 12.0 Å². The van der Waals surface area contributed by atoms with Gasteiger partial charge in [0.05, 0.1) is 19.9 Å². The fourth-order valence-electron chi connectivity index (χ4n) is 2.87. The van der Waals surface area contributed by atoms with Crippen molar-refractivity contribution in [3.8, 4) is 17.2 Å². The van der Waals surface area contributed by atoms with Crippen LogP contribution in [0.1, 0.15) is 31.7 Å². The fourth-order valence-corrected chi connectivity index (χ4v) is 3.43. The van der Waals surface area contributed by atoms with Gasteiger partial charge in [-0.1, -0.05) is 12.1 Å². The minimum Gasteiger partial charge on any atom is -0.497 e. The molecular weight excluding hydrogens is 401 g/mol. The Morgan fingerprint density at radius 3 is 2.21 bits per heavy atom. The molecule has 5 nitrogen and oxygen atoms in total. The number of amides is 1. The maximum atomic E-state index is 12.8. The van der Waals surface area contributed by atoms with Crippen LogP contribution in [0.4, 0.5) is 5.69 Å². The van der Waals surface area contributed by atoms with E-state index in [1.54, 1.807) is 39.2 Å². The van der Waals surface area contributed by atoms with Crippen molar-refractivity contribution in [1.82, 2.24) is 0 Å². The number of ether oxygens (including phenoxy) is 3. The Kier molecular flexibility index (Phi) is 5.69. The minimum absolute atomic E-state index is 0.140. The molecule has 1 aliphatic carbocycles. The zero-order chi connectivity index (χ0) is 20.5. The van der Waals surface area contributed by atoms with Gasteiger partial charge in [-0.05, 0) is 50.1 Å². The van der Waals surface area contributed by atoms with E-state index in [-0.39, 0.29) is 11.8 Å². The van der Waals surface area contributed by atoms with E-state index in [1.807, 2.05) is 24.3 Å². The van der Waals surface area contributed by atoms with Crippen LogP contribution >= 0.6 is 23.2 Å². The molecule has 150 valence electrons. The third kappa shape index (κ3) is 4.47. The molecule has 1 N–H and O–H groups in total. The Bertz CT molecular complexity index is 865. The number of anilines is 1. The van der Waals surface area contributed by atoms with Gasteiger partial charge < -0.3 is 19.5 Å². The molecule has 0 saturated heterocycles. The maximum Gasteiger partial charge on any atom is 0.268 e. The molecule has 1 fully saturated rings. The van der Waals surface area contributed by atoms with Crippen LogP contribution in [0, 0.1) is 0 Å². The number of hydrogen-bond acceptors (Lipinski definition) is 4. The molecule has 7 heteroatoms. The van der Waals surface area contributed by atoms with Crippen LogP contribution in [0.25, 0.3) is 0 Å². The summed E-state index contributed by atoms with van der Waals surface area (Å²) in [4.78, 5) is 12.8. The first-order chi connectivity index (χ1) is 13.2. The van der Waals surface area contributed by atoms with E-state index >= 15 is 0 Å². The third-order valence-electron chi connectivity index (χ3n) is 4.68. The highest BCUT2D eigenvalue weighted by Gasteiger charge is 2.52. The van der Waals surface area contributed by atoms with Crippen LogP contribution in [-0.2, 0) is 4.79 Å². The Morgan fingerprint density at radius 1 is 1.07 bits per heavy atom. The molecule has 1 unspecified atom stereocenters. The number of carbonyl (C=O) groups is 1. The number of carbonyl (C=O) groups excluding carboxylic acids is 1. The Morgan fingerprint density at radius 2 is 1.68 bits per heavy atom. The zero-order valence-electron chi connectivity index (χ0n) is 16.2. The van der Waals surface area contributed by atoms with Crippen molar-refractivity contribution < 1.29 is 19.0 Å². The van der Waals surface area contributed by atoms with E-state index in [0.29, 0.717) is 22.9 Å². The molecule has 0 aliphatic heterocycles. The average Bonchev–Trinajstić information content (AvgIpc) is 3.30. The monoisotopic (exact) mass is 423 g/mol. The first kappa shape index (κ1) is 20.6. The van der Waals surface area contributed by atoms with Crippen LogP contribution in [0.5, 0.6) is 17.2 Å². The van der Waals surface area contributed by atoms with Crippen molar-refractivity contribution in [1.29, 1.82) is 0 Å². The Hall–Kier alpha value is -2.11. The number of nitrogens with one attached hydrogen (secondary N) is 1. The summed E-state index contributed by atoms with van der Waals surface area (Å²) in [5.41, 5.74) is 0.451. The average molecular weight is 424 g/mol. The summed E-state index contributed by atoms with van der Waals surface area (Å²) >= 11 is 12.2. The summed E-state index contributed by atoms with van der Waals surface area (Å²) in [5, 5.41) is 2.84. The first-order valence-electron chi connectivity index (χ1n) is 8.86. The lowest BCUT2D eigenvalue weighted by Crippen LogP contribution is -2.42. The summed E-state index contributed by atoms with van der Waals surface area (Å²) in [6, 6.07) is 12.7. The van der Waals surface area contributed by atoms with Gasteiger partial charge in [-0.3, -0.25) is 4.79 Å². The van der Waals surface area contributed by atoms with E-state index in [9.17, 15) is 4.79 Å². The fraction of sp³-hybridized carbons (Fsp3) is 0.381. The van der Waals surface area contributed by atoms with Crippen LogP contribution < -0.4 is 19.5 Å². The molecule has 0 spiro atoms. The summed E-state index contributed by atoms with van der Waals surface area (Å²) in [6.07, 6.45) is 0.743. The highest BCUT2D eigenvalue weighted by molar-refractivity contribution is 6.51. The Balaban J connectivity index is 1.69. The molecular formula is C21H23Cl2NO4.